The summed E-state index contributed by atoms with van der Waals surface area (Å²) in [6, 6.07) is 19.3. The molecule has 0 saturated carbocycles. The summed E-state index contributed by atoms with van der Waals surface area (Å²) < 4.78 is 25.8. The minimum atomic E-state index is -0.779. The Morgan fingerprint density at radius 3 is 2.60 bits per heavy atom. The molecule has 1 saturated heterocycles. The Labute approximate surface area is 230 Å². The fraction of sp³-hybridized carbons (Fsp3) is 0.276. The number of nitrogens with one attached hydrogen (secondary N) is 3. The molecule has 1 fully saturated rings. The van der Waals surface area contributed by atoms with Gasteiger partial charge >= 0.3 is 0 Å². The molecular weight excluding hydrogens is 513 g/mol. The Morgan fingerprint density at radius 1 is 1.12 bits per heavy atom. The number of amides is 1. The molecule has 0 unspecified atom stereocenters. The van der Waals surface area contributed by atoms with Crippen molar-refractivity contribution in [2.75, 3.05) is 31.6 Å². The molecule has 1 aliphatic rings. The summed E-state index contributed by atoms with van der Waals surface area (Å²) in [4.78, 5) is 29.1. The number of H-pyrrole nitrogens is 1. The lowest BCUT2D eigenvalue weighted by Gasteiger charge is -2.36. The van der Waals surface area contributed by atoms with E-state index in [1.165, 1.54) is 12.1 Å². The predicted octanol–water partition coefficient (Wildman–Crippen LogP) is 4.02. The highest BCUT2D eigenvalue weighted by molar-refractivity contribution is 5.78. The van der Waals surface area contributed by atoms with Crippen LogP contribution in [0.3, 0.4) is 0 Å². The molecule has 40 heavy (non-hydrogen) atoms. The van der Waals surface area contributed by atoms with Crippen molar-refractivity contribution < 1.29 is 18.7 Å². The lowest BCUT2D eigenvalue weighted by molar-refractivity contribution is -0.232. The number of benzene rings is 2. The number of aromatic amines is 1. The van der Waals surface area contributed by atoms with Crippen LogP contribution < -0.4 is 10.6 Å². The lowest BCUT2D eigenvalue weighted by atomic mass is 9.92. The van der Waals surface area contributed by atoms with Crippen molar-refractivity contribution in [1.82, 2.24) is 25.3 Å². The van der Waals surface area contributed by atoms with Crippen molar-refractivity contribution in [2.45, 2.75) is 19.6 Å². The molecule has 5 rings (SSSR count). The number of imidazole rings is 1. The maximum Gasteiger partial charge on any atom is 0.224 e. The molecule has 11 heteroatoms. The van der Waals surface area contributed by atoms with Crippen LogP contribution in [0, 0.1) is 22.6 Å². The molecule has 0 aliphatic carbocycles. The molecule has 1 amide bonds. The maximum atomic E-state index is 13.6. The third-order valence-corrected chi connectivity index (χ3v) is 6.39. The Bertz CT molecular complexity index is 1490. The second kappa shape index (κ2) is 12.0. The zero-order chi connectivity index (χ0) is 28.0. The summed E-state index contributed by atoms with van der Waals surface area (Å²) >= 11 is 0. The number of carbonyl (C=O) groups is 1. The first-order chi connectivity index (χ1) is 19.4. The average molecular weight is 542 g/mol. The van der Waals surface area contributed by atoms with E-state index in [1.54, 1.807) is 24.4 Å². The van der Waals surface area contributed by atoms with Crippen LogP contribution in [-0.4, -0.2) is 52.1 Å². The third-order valence-electron chi connectivity index (χ3n) is 6.39. The number of nitriles is 1. The second-order valence-corrected chi connectivity index (χ2v) is 9.83. The number of nitrogens with zero attached hydrogens (tertiary/aromatic N) is 4. The number of rotatable bonds is 9. The molecule has 10 nitrogen and oxygen atoms in total. The van der Waals surface area contributed by atoms with Gasteiger partial charge in [-0.05, 0) is 35.9 Å². The van der Waals surface area contributed by atoms with Crippen molar-refractivity contribution in [3.8, 4) is 28.7 Å². The number of anilines is 1. The minimum absolute atomic E-state index is 0.0533. The van der Waals surface area contributed by atoms with Crippen LogP contribution in [0.1, 0.15) is 24.6 Å². The van der Waals surface area contributed by atoms with Crippen molar-refractivity contribution in [2.24, 2.45) is 5.41 Å². The van der Waals surface area contributed by atoms with Gasteiger partial charge in [-0.25, -0.2) is 19.3 Å². The van der Waals surface area contributed by atoms with Gasteiger partial charge in [0.25, 0.3) is 0 Å². The van der Waals surface area contributed by atoms with Crippen molar-refractivity contribution in [3.05, 3.63) is 84.1 Å². The maximum absolute atomic E-state index is 13.6. The summed E-state index contributed by atoms with van der Waals surface area (Å²) in [6.45, 7) is 3.11. The largest absolute Gasteiger partial charge is 0.355 e. The zero-order valence-corrected chi connectivity index (χ0v) is 21.9. The Morgan fingerprint density at radius 2 is 1.88 bits per heavy atom. The first-order valence-corrected chi connectivity index (χ1v) is 12.8. The van der Waals surface area contributed by atoms with Crippen LogP contribution in [0.4, 0.5) is 10.3 Å². The molecule has 2 aromatic heterocycles. The van der Waals surface area contributed by atoms with E-state index in [0.29, 0.717) is 54.6 Å². The number of halogens is 1. The first kappa shape index (κ1) is 26.9. The van der Waals surface area contributed by atoms with Gasteiger partial charge in [0.15, 0.2) is 5.82 Å². The van der Waals surface area contributed by atoms with Gasteiger partial charge in [-0.15, -0.1) is 0 Å². The molecule has 0 bridgehead atoms. The second-order valence-electron chi connectivity index (χ2n) is 9.83. The van der Waals surface area contributed by atoms with E-state index in [1.807, 2.05) is 43.3 Å². The van der Waals surface area contributed by atoms with Crippen LogP contribution in [0.5, 0.6) is 0 Å². The predicted molar refractivity (Wildman–Crippen MR) is 145 cm³/mol. The average Bonchev–Trinajstić information content (AvgIpc) is 3.42. The molecule has 204 valence electrons. The SMILES string of the molecule is CC1(CNC(=O)Cc2ccccc2)COC(c2nc(-c3ccc(F)cc3)c(-c3ccnc(NCC#N)n3)[nH]2)OC1. The van der Waals surface area contributed by atoms with Gasteiger partial charge < -0.3 is 25.1 Å². The summed E-state index contributed by atoms with van der Waals surface area (Å²) in [5, 5.41) is 14.7. The standard InChI is InChI=1S/C29H28FN7O3/c1-29(16-34-23(38)15-19-5-3-2-4-6-19)17-39-27(40-18-29)26-36-24(20-7-9-21(30)10-8-20)25(37-26)22-11-13-32-28(35-22)33-14-12-31/h2-11,13,27H,14-18H2,1H3,(H,34,38)(H,36,37)(H,32,33,35). The monoisotopic (exact) mass is 541 g/mol. The molecule has 4 aromatic rings. The van der Waals surface area contributed by atoms with E-state index >= 15 is 0 Å². The quantitative estimate of drug-likeness (QED) is 0.270. The molecule has 0 radical (unpaired) electrons. The van der Waals surface area contributed by atoms with Crippen LogP contribution in [-0.2, 0) is 20.7 Å². The highest BCUT2D eigenvalue weighted by Crippen LogP contribution is 2.35. The van der Waals surface area contributed by atoms with Gasteiger partial charge in [0, 0.05) is 23.7 Å². The van der Waals surface area contributed by atoms with Gasteiger partial charge in [-0.2, -0.15) is 5.26 Å². The number of ether oxygens (including phenoxy) is 2. The number of hydrogen-bond donors (Lipinski definition) is 3. The summed E-state index contributed by atoms with van der Waals surface area (Å²) in [5.74, 6) is 0.285. The first-order valence-electron chi connectivity index (χ1n) is 12.8. The summed E-state index contributed by atoms with van der Waals surface area (Å²) in [7, 11) is 0. The Hall–Kier alpha value is -4.66. The van der Waals surface area contributed by atoms with Gasteiger partial charge in [-0.3, -0.25) is 4.79 Å². The van der Waals surface area contributed by atoms with Crippen LogP contribution in [0.2, 0.25) is 0 Å². The lowest BCUT2D eigenvalue weighted by Crippen LogP contribution is -2.45. The number of aromatic nitrogens is 4. The molecule has 1 aliphatic heterocycles. The van der Waals surface area contributed by atoms with Gasteiger partial charge in [0.2, 0.25) is 18.1 Å². The van der Waals surface area contributed by atoms with Crippen molar-refractivity contribution in [3.63, 3.8) is 0 Å². The normalized spacial score (nSPS) is 18.6. The number of carbonyl (C=O) groups excluding carboxylic acids is 1. The molecule has 3 heterocycles. The summed E-state index contributed by atoms with van der Waals surface area (Å²) in [6.07, 6.45) is 1.10. The van der Waals surface area contributed by atoms with Crippen molar-refractivity contribution >= 4 is 11.9 Å². The number of hydrogen-bond acceptors (Lipinski definition) is 8. The van der Waals surface area contributed by atoms with E-state index in [4.69, 9.17) is 19.7 Å². The van der Waals surface area contributed by atoms with Crippen molar-refractivity contribution in [1.29, 1.82) is 5.26 Å². The molecule has 0 atom stereocenters. The topological polar surface area (TPSA) is 138 Å². The van der Waals surface area contributed by atoms with E-state index in [2.05, 4.69) is 25.6 Å². The zero-order valence-electron chi connectivity index (χ0n) is 21.9. The Kier molecular flexibility index (Phi) is 8.10. The van der Waals surface area contributed by atoms with E-state index in [9.17, 15) is 9.18 Å². The molecule has 3 N–H and O–H groups in total. The van der Waals surface area contributed by atoms with E-state index in [0.717, 1.165) is 5.56 Å². The molecule has 2 aromatic carbocycles. The van der Waals surface area contributed by atoms with Crippen LogP contribution in [0.25, 0.3) is 22.6 Å². The third kappa shape index (κ3) is 6.48. The highest BCUT2D eigenvalue weighted by Gasteiger charge is 2.35. The van der Waals surface area contributed by atoms with Crippen LogP contribution >= 0.6 is 0 Å². The van der Waals surface area contributed by atoms with E-state index in [-0.39, 0.29) is 24.2 Å². The summed E-state index contributed by atoms with van der Waals surface area (Å²) in [5.41, 5.74) is 2.82. The minimum Gasteiger partial charge on any atom is -0.355 e. The molecular formula is C29H28FN7O3. The smallest absolute Gasteiger partial charge is 0.224 e. The fourth-order valence-electron chi connectivity index (χ4n) is 4.27. The highest BCUT2D eigenvalue weighted by atomic mass is 19.1. The van der Waals surface area contributed by atoms with E-state index < -0.39 is 11.7 Å². The van der Waals surface area contributed by atoms with Crippen LogP contribution in [0.15, 0.2) is 66.9 Å². The van der Waals surface area contributed by atoms with Gasteiger partial charge in [0.05, 0.1) is 42.8 Å². The fourth-order valence-corrected chi connectivity index (χ4v) is 4.27. The Balaban J connectivity index is 1.31. The van der Waals surface area contributed by atoms with Gasteiger partial charge in [-0.1, -0.05) is 37.3 Å². The molecule has 0 spiro atoms. The van der Waals surface area contributed by atoms with Gasteiger partial charge in [0.1, 0.15) is 12.4 Å².